The topological polar surface area (TPSA) is 107 Å². The van der Waals surface area contributed by atoms with Crippen molar-refractivity contribution in [3.63, 3.8) is 0 Å². The van der Waals surface area contributed by atoms with Gasteiger partial charge in [0.25, 0.3) is 0 Å². The number of hydrogen-bond acceptors (Lipinski definition) is 5. The predicted molar refractivity (Wildman–Crippen MR) is 79.3 cm³/mol. The standard InChI is InChI=1S/C13H19N3O4S/c1-9-5-4-8-15(10(9)2)21(19,20)12-7-3-6-11(14)13(12)16(17)18/h3,6-7,9-10H,4-5,8,14H2,1-2H3. The van der Waals surface area contributed by atoms with Crippen LogP contribution < -0.4 is 5.73 Å². The smallest absolute Gasteiger partial charge is 0.312 e. The number of benzene rings is 1. The SMILES string of the molecule is CC1CCCN(S(=O)(=O)c2cccc(N)c2[N+](=O)[O-])C1C. The van der Waals surface area contributed by atoms with E-state index in [9.17, 15) is 18.5 Å². The van der Waals surface area contributed by atoms with Crippen molar-refractivity contribution < 1.29 is 13.3 Å². The molecule has 7 nitrogen and oxygen atoms in total. The van der Waals surface area contributed by atoms with Crippen LogP contribution in [0.25, 0.3) is 0 Å². The number of nitro benzene ring substituents is 1. The fraction of sp³-hybridized carbons (Fsp3) is 0.538. The van der Waals surface area contributed by atoms with Crippen LogP contribution in [0.2, 0.25) is 0 Å². The molecule has 1 fully saturated rings. The Morgan fingerprint density at radius 3 is 2.67 bits per heavy atom. The molecule has 0 aliphatic carbocycles. The van der Waals surface area contributed by atoms with Gasteiger partial charge in [-0.05, 0) is 37.8 Å². The molecule has 2 atom stereocenters. The number of rotatable bonds is 3. The van der Waals surface area contributed by atoms with Gasteiger partial charge in [-0.1, -0.05) is 13.0 Å². The fourth-order valence-electron chi connectivity index (χ4n) is 2.71. The molecule has 1 aromatic rings. The molecule has 21 heavy (non-hydrogen) atoms. The second-order valence-corrected chi connectivity index (χ2v) is 7.29. The van der Waals surface area contributed by atoms with Crippen molar-refractivity contribution in [3.8, 4) is 0 Å². The molecule has 2 rings (SSSR count). The third-order valence-corrected chi connectivity index (χ3v) is 6.13. The maximum atomic E-state index is 12.8. The van der Waals surface area contributed by atoms with Crippen molar-refractivity contribution in [1.29, 1.82) is 0 Å². The zero-order valence-corrected chi connectivity index (χ0v) is 12.8. The lowest BCUT2D eigenvalue weighted by molar-refractivity contribution is -0.386. The summed E-state index contributed by atoms with van der Waals surface area (Å²) in [4.78, 5) is 10.1. The summed E-state index contributed by atoms with van der Waals surface area (Å²) >= 11 is 0. The summed E-state index contributed by atoms with van der Waals surface area (Å²) < 4.78 is 26.9. The van der Waals surface area contributed by atoms with E-state index in [1.807, 2.05) is 13.8 Å². The van der Waals surface area contributed by atoms with E-state index in [1.165, 1.54) is 22.5 Å². The molecule has 2 N–H and O–H groups in total. The minimum atomic E-state index is -3.93. The second-order valence-electron chi connectivity index (χ2n) is 5.43. The van der Waals surface area contributed by atoms with E-state index in [4.69, 9.17) is 5.73 Å². The van der Waals surface area contributed by atoms with E-state index >= 15 is 0 Å². The Labute approximate surface area is 123 Å². The first-order valence-corrected chi connectivity index (χ1v) is 8.25. The van der Waals surface area contributed by atoms with Gasteiger partial charge in [0.2, 0.25) is 10.0 Å². The number of para-hydroxylation sites is 1. The van der Waals surface area contributed by atoms with Crippen LogP contribution in [0.3, 0.4) is 0 Å². The van der Waals surface area contributed by atoms with Crippen molar-refractivity contribution in [3.05, 3.63) is 28.3 Å². The lowest BCUT2D eigenvalue weighted by Gasteiger charge is -2.36. The third-order valence-electron chi connectivity index (χ3n) is 4.12. The van der Waals surface area contributed by atoms with Crippen molar-refractivity contribution in [2.24, 2.45) is 5.92 Å². The molecule has 0 saturated carbocycles. The minimum absolute atomic E-state index is 0.140. The summed E-state index contributed by atoms with van der Waals surface area (Å²) in [7, 11) is -3.93. The first kappa shape index (κ1) is 15.7. The Bertz CT molecular complexity index is 659. The van der Waals surface area contributed by atoms with Crippen LogP contribution in [-0.2, 0) is 10.0 Å². The van der Waals surface area contributed by atoms with Crippen molar-refractivity contribution in [2.45, 2.75) is 37.6 Å². The summed E-state index contributed by atoms with van der Waals surface area (Å²) in [5.74, 6) is 0.216. The molecule has 0 spiro atoms. The average molecular weight is 313 g/mol. The molecule has 116 valence electrons. The van der Waals surface area contributed by atoms with Gasteiger partial charge < -0.3 is 5.73 Å². The van der Waals surface area contributed by atoms with Crippen LogP contribution in [0.4, 0.5) is 11.4 Å². The van der Waals surface area contributed by atoms with Crippen molar-refractivity contribution in [2.75, 3.05) is 12.3 Å². The number of nitrogen functional groups attached to an aromatic ring is 1. The maximum Gasteiger partial charge on any atom is 0.312 e. The average Bonchev–Trinajstić information content (AvgIpc) is 2.41. The van der Waals surface area contributed by atoms with Crippen molar-refractivity contribution >= 4 is 21.4 Å². The number of nitro groups is 1. The normalized spacial score (nSPS) is 23.9. The molecule has 0 radical (unpaired) electrons. The van der Waals surface area contributed by atoms with E-state index in [0.29, 0.717) is 6.54 Å². The quantitative estimate of drug-likeness (QED) is 0.521. The molecule has 1 heterocycles. The van der Waals surface area contributed by atoms with Gasteiger partial charge in [0, 0.05) is 12.6 Å². The van der Waals surface area contributed by atoms with E-state index in [0.717, 1.165) is 12.8 Å². The third kappa shape index (κ3) is 2.73. The number of hydrogen-bond donors (Lipinski definition) is 1. The first-order valence-electron chi connectivity index (χ1n) is 6.81. The monoisotopic (exact) mass is 313 g/mol. The minimum Gasteiger partial charge on any atom is -0.393 e. The van der Waals surface area contributed by atoms with E-state index in [1.54, 1.807) is 0 Å². The zero-order chi connectivity index (χ0) is 15.8. The Kier molecular flexibility index (Phi) is 4.20. The second kappa shape index (κ2) is 5.61. The summed E-state index contributed by atoms with van der Waals surface area (Å²) in [6.45, 7) is 4.19. The predicted octanol–water partition coefficient (Wildman–Crippen LogP) is 1.99. The molecule has 8 heteroatoms. The van der Waals surface area contributed by atoms with E-state index in [2.05, 4.69) is 0 Å². The molecule has 0 bridgehead atoms. The summed E-state index contributed by atoms with van der Waals surface area (Å²) in [5, 5.41) is 11.2. The molecule has 1 aliphatic rings. The molecular weight excluding hydrogens is 294 g/mol. The highest BCUT2D eigenvalue weighted by atomic mass is 32.2. The molecule has 1 saturated heterocycles. The van der Waals surface area contributed by atoms with Crippen LogP contribution in [0.15, 0.2) is 23.1 Å². The molecule has 0 amide bonds. The van der Waals surface area contributed by atoms with Gasteiger partial charge in [-0.15, -0.1) is 0 Å². The van der Waals surface area contributed by atoms with Crippen molar-refractivity contribution in [1.82, 2.24) is 4.31 Å². The largest absolute Gasteiger partial charge is 0.393 e. The summed E-state index contributed by atoms with van der Waals surface area (Å²) in [5.41, 5.74) is 4.91. The first-order chi connectivity index (χ1) is 9.76. The molecule has 1 aliphatic heterocycles. The van der Waals surface area contributed by atoms with Gasteiger partial charge in [-0.3, -0.25) is 10.1 Å². The Balaban J connectivity index is 2.55. The van der Waals surface area contributed by atoms with Gasteiger partial charge in [-0.2, -0.15) is 4.31 Å². The number of piperidine rings is 1. The Hall–Kier alpha value is -1.67. The van der Waals surface area contributed by atoms with Gasteiger partial charge in [0.15, 0.2) is 4.90 Å². The lowest BCUT2D eigenvalue weighted by atomic mass is 9.94. The summed E-state index contributed by atoms with van der Waals surface area (Å²) in [6, 6.07) is 3.81. The van der Waals surface area contributed by atoms with E-state index < -0.39 is 20.6 Å². The highest BCUT2D eigenvalue weighted by molar-refractivity contribution is 7.89. The summed E-state index contributed by atoms with van der Waals surface area (Å²) in [6.07, 6.45) is 1.70. The molecular formula is C13H19N3O4S. The number of anilines is 1. The number of nitrogens with two attached hydrogens (primary N) is 1. The molecule has 2 unspecified atom stereocenters. The van der Waals surface area contributed by atoms with Crippen LogP contribution in [0.1, 0.15) is 26.7 Å². The fourth-order valence-corrected chi connectivity index (χ4v) is 4.66. The van der Waals surface area contributed by atoms with Gasteiger partial charge in [0.05, 0.1) is 4.92 Å². The maximum absolute atomic E-state index is 12.8. The Morgan fingerprint density at radius 1 is 1.38 bits per heavy atom. The van der Waals surface area contributed by atoms with Crippen LogP contribution in [-0.4, -0.2) is 30.2 Å². The number of sulfonamides is 1. The highest BCUT2D eigenvalue weighted by Gasteiger charge is 2.38. The van der Waals surface area contributed by atoms with Gasteiger partial charge >= 0.3 is 5.69 Å². The zero-order valence-electron chi connectivity index (χ0n) is 12.0. The van der Waals surface area contributed by atoms with Gasteiger partial charge in [-0.25, -0.2) is 8.42 Å². The van der Waals surface area contributed by atoms with Crippen LogP contribution >= 0.6 is 0 Å². The Morgan fingerprint density at radius 2 is 2.05 bits per heavy atom. The van der Waals surface area contributed by atoms with Crippen LogP contribution in [0.5, 0.6) is 0 Å². The van der Waals surface area contributed by atoms with E-state index in [-0.39, 0.29) is 22.5 Å². The lowest BCUT2D eigenvalue weighted by Crippen LogP contribution is -2.46. The molecule has 1 aromatic carbocycles. The van der Waals surface area contributed by atoms with Crippen LogP contribution in [0, 0.1) is 16.0 Å². The molecule has 0 aromatic heterocycles. The number of nitrogens with zero attached hydrogens (tertiary/aromatic N) is 2. The highest BCUT2D eigenvalue weighted by Crippen LogP contribution is 2.35. The van der Waals surface area contributed by atoms with Gasteiger partial charge in [0.1, 0.15) is 5.69 Å².